The van der Waals surface area contributed by atoms with Crippen LogP contribution >= 0.6 is 11.3 Å². The molecule has 39 heavy (non-hydrogen) atoms. The third-order valence-electron chi connectivity index (χ3n) is 6.51. The third-order valence-corrected chi connectivity index (χ3v) is 7.41. The average molecular weight is 530 g/mol. The largest absolute Gasteiger partial charge is 0.309 e. The third kappa shape index (κ3) is 4.47. The van der Waals surface area contributed by atoms with E-state index < -0.39 is 0 Å². The van der Waals surface area contributed by atoms with E-state index in [2.05, 4.69) is 46.0 Å². The Labute approximate surface area is 228 Å². The second-order valence-corrected chi connectivity index (χ2v) is 9.64. The van der Waals surface area contributed by atoms with E-state index in [4.69, 9.17) is 5.10 Å². The lowest BCUT2D eigenvalue weighted by Gasteiger charge is -2.12. The molecule has 0 spiro atoms. The van der Waals surface area contributed by atoms with Gasteiger partial charge in [0.1, 0.15) is 0 Å². The van der Waals surface area contributed by atoms with Gasteiger partial charge in [-0.25, -0.2) is 4.68 Å². The number of hydrogen-bond acceptors (Lipinski definition) is 5. The van der Waals surface area contributed by atoms with Crippen molar-refractivity contribution in [3.05, 3.63) is 135 Å². The lowest BCUT2D eigenvalue weighted by Crippen LogP contribution is -2.11. The first-order valence-corrected chi connectivity index (χ1v) is 13.2. The fourth-order valence-electron chi connectivity index (χ4n) is 4.78. The molecule has 0 atom stereocenters. The van der Waals surface area contributed by atoms with Crippen molar-refractivity contribution in [2.75, 3.05) is 7.05 Å². The molecule has 0 bridgehead atoms. The number of aromatic nitrogens is 2. The van der Waals surface area contributed by atoms with Gasteiger partial charge in [0, 0.05) is 46.8 Å². The van der Waals surface area contributed by atoms with E-state index in [1.54, 1.807) is 23.9 Å². The first-order valence-electron chi connectivity index (χ1n) is 12.3. The Bertz CT molecular complexity index is 1900. The zero-order valence-corrected chi connectivity index (χ0v) is 21.8. The molecule has 0 saturated heterocycles. The van der Waals surface area contributed by atoms with Crippen molar-refractivity contribution in [1.29, 1.82) is 0 Å². The van der Waals surface area contributed by atoms with E-state index in [1.165, 1.54) is 17.4 Å². The Balaban J connectivity index is 1.60. The van der Waals surface area contributed by atoms with E-state index in [9.17, 15) is 10.1 Å². The van der Waals surface area contributed by atoms with Crippen LogP contribution in [0.2, 0.25) is 0 Å². The number of para-hydroxylation sites is 2. The van der Waals surface area contributed by atoms with Gasteiger partial charge in [-0.05, 0) is 23.8 Å². The summed E-state index contributed by atoms with van der Waals surface area (Å²) in [6.07, 6.45) is 1.87. The minimum Gasteiger partial charge on any atom is -0.309 e. The smallest absolute Gasteiger partial charge is 0.270 e. The summed E-state index contributed by atoms with van der Waals surface area (Å²) >= 11 is 1.43. The molecule has 2 heterocycles. The standard InChI is InChI=1S/C31H23N5O2S/c1-32-31-35(29(21-39-31)23-13-10-16-25(19-23)36(37)38)33-20-27-26-17-8-9-18-28(26)34(24-14-6-3-7-15-24)30(27)22-11-4-2-5-12-22/h2-21H,1H3. The Morgan fingerprint density at radius 1 is 0.846 bits per heavy atom. The maximum absolute atomic E-state index is 11.4. The zero-order valence-electron chi connectivity index (χ0n) is 21.0. The number of nitro groups is 1. The summed E-state index contributed by atoms with van der Waals surface area (Å²) in [6.45, 7) is 0. The normalized spacial score (nSPS) is 12.0. The number of non-ortho nitro benzene ring substituents is 1. The van der Waals surface area contributed by atoms with Gasteiger partial charge >= 0.3 is 0 Å². The van der Waals surface area contributed by atoms with Crippen molar-refractivity contribution in [3.63, 3.8) is 0 Å². The molecular formula is C31H23N5O2S. The van der Waals surface area contributed by atoms with Gasteiger partial charge in [-0.3, -0.25) is 15.1 Å². The molecule has 2 aromatic heterocycles. The van der Waals surface area contributed by atoms with Crippen molar-refractivity contribution in [1.82, 2.24) is 9.24 Å². The average Bonchev–Trinajstić information content (AvgIpc) is 3.55. The van der Waals surface area contributed by atoms with Gasteiger partial charge in [0.15, 0.2) is 0 Å². The van der Waals surface area contributed by atoms with Crippen LogP contribution in [0, 0.1) is 10.1 Å². The fraction of sp³-hybridized carbons (Fsp3) is 0.0323. The Hall–Kier alpha value is -5.08. The van der Waals surface area contributed by atoms with Crippen molar-refractivity contribution < 1.29 is 4.92 Å². The molecule has 0 radical (unpaired) electrons. The number of thiazole rings is 1. The van der Waals surface area contributed by atoms with Gasteiger partial charge in [0.05, 0.1) is 28.0 Å². The summed E-state index contributed by atoms with van der Waals surface area (Å²) in [5.41, 5.74) is 6.63. The minimum atomic E-state index is -0.390. The van der Waals surface area contributed by atoms with Crippen LogP contribution in [0.5, 0.6) is 0 Å². The number of rotatable bonds is 6. The highest BCUT2D eigenvalue weighted by Crippen LogP contribution is 2.35. The molecule has 6 aromatic rings. The second kappa shape index (κ2) is 10.4. The number of benzene rings is 4. The first-order chi connectivity index (χ1) is 19.2. The Morgan fingerprint density at radius 2 is 1.54 bits per heavy atom. The second-order valence-electron chi connectivity index (χ2n) is 8.81. The van der Waals surface area contributed by atoms with Gasteiger partial charge in [0.25, 0.3) is 5.69 Å². The predicted molar refractivity (Wildman–Crippen MR) is 158 cm³/mol. The maximum Gasteiger partial charge on any atom is 0.270 e. The van der Waals surface area contributed by atoms with E-state index in [0.29, 0.717) is 10.4 Å². The molecular weight excluding hydrogens is 506 g/mol. The SMILES string of the molecule is CN=c1scc(-c2cccc([N+](=O)[O-])c2)n1N=Cc1c(-c2ccccc2)n(-c2ccccc2)c2ccccc12. The highest BCUT2D eigenvalue weighted by atomic mass is 32.1. The van der Waals surface area contributed by atoms with Crippen LogP contribution in [0.15, 0.2) is 125 Å². The van der Waals surface area contributed by atoms with Gasteiger partial charge in [-0.2, -0.15) is 5.10 Å². The van der Waals surface area contributed by atoms with Crippen LogP contribution in [0.1, 0.15) is 5.56 Å². The van der Waals surface area contributed by atoms with Gasteiger partial charge in [-0.1, -0.05) is 78.9 Å². The Morgan fingerprint density at radius 3 is 2.28 bits per heavy atom. The van der Waals surface area contributed by atoms with Gasteiger partial charge < -0.3 is 4.57 Å². The van der Waals surface area contributed by atoms with Crippen LogP contribution in [-0.4, -0.2) is 27.4 Å². The van der Waals surface area contributed by atoms with E-state index in [-0.39, 0.29) is 10.6 Å². The lowest BCUT2D eigenvalue weighted by molar-refractivity contribution is -0.384. The van der Waals surface area contributed by atoms with Crippen molar-refractivity contribution in [3.8, 4) is 28.2 Å². The quantitative estimate of drug-likeness (QED) is 0.130. The molecule has 8 heteroatoms. The molecule has 0 aliphatic carbocycles. The number of hydrogen-bond donors (Lipinski definition) is 0. The zero-order chi connectivity index (χ0) is 26.8. The van der Waals surface area contributed by atoms with Crippen molar-refractivity contribution in [2.45, 2.75) is 0 Å². The van der Waals surface area contributed by atoms with Crippen molar-refractivity contribution >= 4 is 34.1 Å². The first kappa shape index (κ1) is 24.3. The van der Waals surface area contributed by atoms with E-state index in [0.717, 1.165) is 39.1 Å². The predicted octanol–water partition coefficient (Wildman–Crippen LogP) is 7.15. The summed E-state index contributed by atoms with van der Waals surface area (Å²) in [4.78, 5) is 16.1. The molecule has 0 saturated carbocycles. The lowest BCUT2D eigenvalue weighted by atomic mass is 10.1. The van der Waals surface area contributed by atoms with Gasteiger partial charge in [0.2, 0.25) is 4.80 Å². The van der Waals surface area contributed by atoms with E-state index >= 15 is 0 Å². The molecule has 190 valence electrons. The highest BCUT2D eigenvalue weighted by molar-refractivity contribution is 7.07. The Kier molecular flexibility index (Phi) is 6.44. The molecule has 4 aromatic carbocycles. The van der Waals surface area contributed by atoms with Crippen molar-refractivity contribution in [2.24, 2.45) is 10.1 Å². The molecule has 0 N–H and O–H groups in total. The molecule has 0 amide bonds. The van der Waals surface area contributed by atoms with Crippen LogP contribution in [0.3, 0.4) is 0 Å². The summed E-state index contributed by atoms with van der Waals surface area (Å²) in [5, 5.41) is 19.3. The summed E-state index contributed by atoms with van der Waals surface area (Å²) < 4.78 is 4.00. The summed E-state index contributed by atoms with van der Waals surface area (Å²) in [6, 6.07) is 35.4. The molecule has 0 aliphatic heterocycles. The van der Waals surface area contributed by atoms with Crippen LogP contribution in [0.4, 0.5) is 5.69 Å². The molecule has 7 nitrogen and oxygen atoms in total. The fourth-order valence-corrected chi connectivity index (χ4v) is 5.58. The monoisotopic (exact) mass is 529 g/mol. The number of fused-ring (bicyclic) bond motifs is 1. The molecule has 6 rings (SSSR count). The maximum atomic E-state index is 11.4. The highest BCUT2D eigenvalue weighted by Gasteiger charge is 2.19. The van der Waals surface area contributed by atoms with Crippen LogP contribution in [0.25, 0.3) is 39.1 Å². The van der Waals surface area contributed by atoms with Crippen LogP contribution < -0.4 is 4.80 Å². The number of nitrogens with zero attached hydrogens (tertiary/aromatic N) is 5. The minimum absolute atomic E-state index is 0.0292. The van der Waals surface area contributed by atoms with Gasteiger partial charge in [-0.15, -0.1) is 11.3 Å². The summed E-state index contributed by atoms with van der Waals surface area (Å²) in [5.74, 6) is 0. The molecule has 0 unspecified atom stereocenters. The number of nitro benzene ring substituents is 1. The van der Waals surface area contributed by atoms with E-state index in [1.807, 2.05) is 66.2 Å². The molecule has 0 fully saturated rings. The summed E-state index contributed by atoms with van der Waals surface area (Å²) in [7, 11) is 1.71. The molecule has 0 aliphatic rings. The topological polar surface area (TPSA) is 77.7 Å². The van der Waals surface area contributed by atoms with Crippen LogP contribution in [-0.2, 0) is 0 Å².